The Bertz CT molecular complexity index is 472. The first kappa shape index (κ1) is 12.7. The lowest BCUT2D eigenvalue weighted by Gasteiger charge is -2.03. The zero-order valence-corrected chi connectivity index (χ0v) is 10.5. The van der Waals surface area contributed by atoms with E-state index in [9.17, 15) is 4.39 Å². The van der Waals surface area contributed by atoms with E-state index in [1.807, 2.05) is 31.2 Å². The van der Waals surface area contributed by atoms with E-state index in [1.165, 1.54) is 6.42 Å². The molecule has 0 aromatic heterocycles. The van der Waals surface area contributed by atoms with E-state index in [-0.39, 0.29) is 5.82 Å². The Hall–Kier alpha value is -1.37. The molecule has 0 bridgehead atoms. The van der Waals surface area contributed by atoms with Crippen LogP contribution in [0.4, 0.5) is 4.39 Å². The number of benzene rings is 2. The summed E-state index contributed by atoms with van der Waals surface area (Å²) in [5, 5.41) is 2.12. The molecule has 2 rings (SSSR count). The van der Waals surface area contributed by atoms with Gasteiger partial charge in [0.15, 0.2) is 0 Å². The Morgan fingerprint density at radius 1 is 1.00 bits per heavy atom. The lowest BCUT2D eigenvalue weighted by Crippen LogP contribution is -1.84. The molecule has 0 atom stereocenters. The van der Waals surface area contributed by atoms with Crippen molar-refractivity contribution >= 4 is 10.8 Å². The molecule has 2 aromatic rings. The molecule has 0 fully saturated rings. The predicted molar refractivity (Wildman–Crippen MR) is 69.3 cm³/mol. The smallest absolute Gasteiger partial charge is 0.126 e. The van der Waals surface area contributed by atoms with Crippen molar-refractivity contribution in [1.29, 1.82) is 0 Å². The third-order valence-electron chi connectivity index (χ3n) is 2.38. The van der Waals surface area contributed by atoms with E-state index >= 15 is 0 Å². The second-order valence-corrected chi connectivity index (χ2v) is 4.10. The van der Waals surface area contributed by atoms with E-state index in [1.54, 1.807) is 13.0 Å². The normalized spacial score (nSPS) is 9.81. The van der Waals surface area contributed by atoms with Gasteiger partial charge in [0.25, 0.3) is 0 Å². The number of hydrogen-bond acceptors (Lipinski definition) is 0. The van der Waals surface area contributed by atoms with Crippen LogP contribution in [0.5, 0.6) is 0 Å². The van der Waals surface area contributed by atoms with E-state index in [0.29, 0.717) is 5.56 Å². The van der Waals surface area contributed by atoms with Gasteiger partial charge >= 0.3 is 0 Å². The van der Waals surface area contributed by atoms with Gasteiger partial charge in [0.2, 0.25) is 0 Å². The summed E-state index contributed by atoms with van der Waals surface area (Å²) in [6.07, 6.45) is 1.25. The third-order valence-corrected chi connectivity index (χ3v) is 2.38. The Labute approximate surface area is 97.1 Å². The molecule has 0 saturated heterocycles. The van der Waals surface area contributed by atoms with Crippen molar-refractivity contribution in [2.24, 2.45) is 0 Å². The molecule has 2 aromatic carbocycles. The van der Waals surface area contributed by atoms with Gasteiger partial charge in [-0.05, 0) is 47.9 Å². The molecule has 0 aliphatic carbocycles. The van der Waals surface area contributed by atoms with Crippen molar-refractivity contribution in [3.63, 3.8) is 0 Å². The molecule has 0 unspecified atom stereocenters. The first-order valence-electron chi connectivity index (χ1n) is 5.75. The fraction of sp³-hybridized carbons (Fsp3) is 0.333. The van der Waals surface area contributed by atoms with Crippen LogP contribution in [0, 0.1) is 19.7 Å². The summed E-state index contributed by atoms with van der Waals surface area (Å²) in [4.78, 5) is 0. The zero-order chi connectivity index (χ0) is 12.1. The Morgan fingerprint density at radius 3 is 2.25 bits per heavy atom. The molecule has 86 valence electrons. The van der Waals surface area contributed by atoms with Gasteiger partial charge in [-0.2, -0.15) is 0 Å². The topological polar surface area (TPSA) is 0 Å². The molecule has 16 heavy (non-hydrogen) atoms. The summed E-state index contributed by atoms with van der Waals surface area (Å²) in [6, 6.07) is 9.50. The van der Waals surface area contributed by atoms with Gasteiger partial charge in [-0.1, -0.05) is 38.5 Å². The fourth-order valence-electron chi connectivity index (χ4n) is 1.57. The highest BCUT2D eigenvalue weighted by atomic mass is 19.1. The fourth-order valence-corrected chi connectivity index (χ4v) is 1.57. The van der Waals surface area contributed by atoms with Crippen LogP contribution in [-0.4, -0.2) is 0 Å². The monoisotopic (exact) mass is 218 g/mol. The lowest BCUT2D eigenvalue weighted by molar-refractivity contribution is 0.620. The number of fused-ring (bicyclic) bond motifs is 1. The van der Waals surface area contributed by atoms with Crippen molar-refractivity contribution in [1.82, 2.24) is 0 Å². The van der Waals surface area contributed by atoms with Crippen LogP contribution in [0.15, 0.2) is 30.3 Å². The zero-order valence-electron chi connectivity index (χ0n) is 10.5. The summed E-state index contributed by atoms with van der Waals surface area (Å²) in [7, 11) is 0. The average molecular weight is 218 g/mol. The average Bonchev–Trinajstić information content (AvgIpc) is 2.23. The SMILES string of the molecule is CCC.Cc1cc2cccc(C)c2cc1F. The standard InChI is InChI=1S/C12H11F.C3H8/c1-8-4-3-5-10-6-9(2)12(13)7-11(8)10;1-3-2/h3-7H,1-2H3;3H2,1-2H3. The minimum atomic E-state index is -0.123. The van der Waals surface area contributed by atoms with Gasteiger partial charge in [0.05, 0.1) is 0 Å². The first-order valence-corrected chi connectivity index (χ1v) is 5.75. The van der Waals surface area contributed by atoms with Gasteiger partial charge < -0.3 is 0 Å². The van der Waals surface area contributed by atoms with Gasteiger partial charge in [-0.25, -0.2) is 4.39 Å². The minimum absolute atomic E-state index is 0.123. The van der Waals surface area contributed by atoms with E-state index in [2.05, 4.69) is 13.8 Å². The van der Waals surface area contributed by atoms with Crippen LogP contribution in [0.3, 0.4) is 0 Å². The number of halogens is 1. The minimum Gasteiger partial charge on any atom is -0.207 e. The van der Waals surface area contributed by atoms with E-state index in [4.69, 9.17) is 0 Å². The molecular weight excluding hydrogens is 199 g/mol. The quantitative estimate of drug-likeness (QED) is 0.583. The molecule has 0 aliphatic rings. The number of aryl methyl sites for hydroxylation is 2. The van der Waals surface area contributed by atoms with Gasteiger partial charge in [0.1, 0.15) is 5.82 Å². The molecule has 1 heteroatoms. The Balaban J connectivity index is 0.000000386. The van der Waals surface area contributed by atoms with Crippen molar-refractivity contribution in [3.05, 3.63) is 47.3 Å². The molecular formula is C15H19F. The van der Waals surface area contributed by atoms with Gasteiger partial charge in [-0.15, -0.1) is 0 Å². The van der Waals surface area contributed by atoms with Crippen molar-refractivity contribution in [2.75, 3.05) is 0 Å². The predicted octanol–water partition coefficient (Wildman–Crippen LogP) is 5.01. The largest absolute Gasteiger partial charge is 0.207 e. The molecule has 0 N–H and O–H groups in total. The summed E-state index contributed by atoms with van der Waals surface area (Å²) < 4.78 is 13.2. The highest BCUT2D eigenvalue weighted by Crippen LogP contribution is 2.21. The van der Waals surface area contributed by atoms with Crippen LogP contribution in [0.2, 0.25) is 0 Å². The molecule has 0 nitrogen and oxygen atoms in total. The maximum absolute atomic E-state index is 13.2. The van der Waals surface area contributed by atoms with Crippen LogP contribution in [0.1, 0.15) is 31.4 Å². The first-order chi connectivity index (χ1) is 7.60. The Morgan fingerprint density at radius 2 is 1.62 bits per heavy atom. The molecule has 0 aliphatic heterocycles. The van der Waals surface area contributed by atoms with E-state index in [0.717, 1.165) is 16.3 Å². The molecule has 0 spiro atoms. The number of rotatable bonds is 0. The maximum atomic E-state index is 13.2. The van der Waals surface area contributed by atoms with Gasteiger partial charge in [0, 0.05) is 0 Å². The van der Waals surface area contributed by atoms with Crippen LogP contribution < -0.4 is 0 Å². The van der Waals surface area contributed by atoms with E-state index < -0.39 is 0 Å². The summed E-state index contributed by atoms with van der Waals surface area (Å²) in [5.41, 5.74) is 1.83. The molecule has 0 saturated carbocycles. The lowest BCUT2D eigenvalue weighted by atomic mass is 10.0. The van der Waals surface area contributed by atoms with Crippen LogP contribution in [0.25, 0.3) is 10.8 Å². The van der Waals surface area contributed by atoms with Crippen molar-refractivity contribution in [3.8, 4) is 0 Å². The highest BCUT2D eigenvalue weighted by Gasteiger charge is 2.01. The Kier molecular flexibility index (Phi) is 4.48. The summed E-state index contributed by atoms with van der Waals surface area (Å²) in [5.74, 6) is -0.123. The summed E-state index contributed by atoms with van der Waals surface area (Å²) in [6.45, 7) is 8.04. The molecule has 0 heterocycles. The third kappa shape index (κ3) is 2.82. The molecule has 0 radical (unpaired) electrons. The van der Waals surface area contributed by atoms with Crippen molar-refractivity contribution in [2.45, 2.75) is 34.1 Å². The number of hydrogen-bond donors (Lipinski definition) is 0. The van der Waals surface area contributed by atoms with Crippen LogP contribution >= 0.6 is 0 Å². The van der Waals surface area contributed by atoms with Crippen LogP contribution in [-0.2, 0) is 0 Å². The maximum Gasteiger partial charge on any atom is 0.126 e. The second kappa shape index (κ2) is 5.64. The van der Waals surface area contributed by atoms with Crippen molar-refractivity contribution < 1.29 is 4.39 Å². The van der Waals surface area contributed by atoms with Gasteiger partial charge in [-0.3, -0.25) is 0 Å². The second-order valence-electron chi connectivity index (χ2n) is 4.10. The highest BCUT2D eigenvalue weighted by molar-refractivity contribution is 5.86. The molecule has 0 amide bonds. The summed E-state index contributed by atoms with van der Waals surface area (Å²) >= 11 is 0.